The SMILES string of the molecule is CC(C)Oc1ccc(NC(=O)c2ccccc2SCc2ccncc2)cc1. The van der Waals surface area contributed by atoms with Crippen molar-refractivity contribution >= 4 is 23.4 Å². The van der Waals surface area contributed by atoms with Crippen LogP contribution in [-0.4, -0.2) is 17.0 Å². The van der Waals surface area contributed by atoms with Crippen molar-refractivity contribution in [3.63, 3.8) is 0 Å². The number of nitrogens with zero attached hydrogens (tertiary/aromatic N) is 1. The average molecular weight is 378 g/mol. The molecule has 0 fully saturated rings. The van der Waals surface area contributed by atoms with Crippen molar-refractivity contribution in [2.45, 2.75) is 30.6 Å². The number of ether oxygens (including phenoxy) is 1. The van der Waals surface area contributed by atoms with Gasteiger partial charge in [-0.25, -0.2) is 0 Å². The van der Waals surface area contributed by atoms with Crippen LogP contribution in [0, 0.1) is 0 Å². The van der Waals surface area contributed by atoms with Gasteiger partial charge in [-0.3, -0.25) is 9.78 Å². The molecule has 3 aromatic rings. The fourth-order valence-electron chi connectivity index (χ4n) is 2.51. The summed E-state index contributed by atoms with van der Waals surface area (Å²) in [4.78, 5) is 17.7. The Bertz CT molecular complexity index is 880. The van der Waals surface area contributed by atoms with Crippen LogP contribution < -0.4 is 10.1 Å². The van der Waals surface area contributed by atoms with Crippen LogP contribution in [0.25, 0.3) is 0 Å². The summed E-state index contributed by atoms with van der Waals surface area (Å²) < 4.78 is 5.63. The molecule has 1 aromatic heterocycles. The normalized spacial score (nSPS) is 10.6. The minimum atomic E-state index is -0.120. The number of thioether (sulfide) groups is 1. The summed E-state index contributed by atoms with van der Waals surface area (Å²) in [7, 11) is 0. The number of benzene rings is 2. The molecular weight excluding hydrogens is 356 g/mol. The van der Waals surface area contributed by atoms with Crippen molar-refractivity contribution in [2.75, 3.05) is 5.32 Å². The second kappa shape index (κ2) is 9.24. The fraction of sp³-hybridized carbons (Fsp3) is 0.182. The lowest BCUT2D eigenvalue weighted by molar-refractivity contribution is 0.102. The monoisotopic (exact) mass is 378 g/mol. The number of hydrogen-bond acceptors (Lipinski definition) is 4. The summed E-state index contributed by atoms with van der Waals surface area (Å²) in [5.41, 5.74) is 2.58. The Morgan fingerprint density at radius 2 is 1.74 bits per heavy atom. The number of nitrogens with one attached hydrogen (secondary N) is 1. The van der Waals surface area contributed by atoms with Crippen molar-refractivity contribution in [2.24, 2.45) is 0 Å². The standard InChI is InChI=1S/C22H22N2O2S/c1-16(2)26-19-9-7-18(8-10-19)24-22(25)20-5-3-4-6-21(20)27-15-17-11-13-23-14-12-17/h3-14,16H,15H2,1-2H3,(H,24,25). The number of amides is 1. The van der Waals surface area contributed by atoms with E-state index in [0.29, 0.717) is 5.56 Å². The molecule has 2 aromatic carbocycles. The van der Waals surface area contributed by atoms with Gasteiger partial charge in [0.1, 0.15) is 5.75 Å². The van der Waals surface area contributed by atoms with E-state index >= 15 is 0 Å². The lowest BCUT2D eigenvalue weighted by Gasteiger charge is -2.12. The summed E-state index contributed by atoms with van der Waals surface area (Å²) in [6.07, 6.45) is 3.68. The van der Waals surface area contributed by atoms with Crippen LogP contribution >= 0.6 is 11.8 Å². The number of hydrogen-bond donors (Lipinski definition) is 1. The van der Waals surface area contributed by atoms with E-state index < -0.39 is 0 Å². The van der Waals surface area contributed by atoms with Crippen LogP contribution in [0.4, 0.5) is 5.69 Å². The molecule has 1 amide bonds. The highest BCUT2D eigenvalue weighted by molar-refractivity contribution is 7.98. The number of carbonyl (C=O) groups is 1. The molecule has 0 saturated heterocycles. The number of pyridine rings is 1. The predicted molar refractivity (Wildman–Crippen MR) is 110 cm³/mol. The molecule has 0 aliphatic carbocycles. The van der Waals surface area contributed by atoms with Gasteiger partial charge in [-0.2, -0.15) is 0 Å². The molecule has 1 N–H and O–H groups in total. The summed E-state index contributed by atoms with van der Waals surface area (Å²) in [6, 6.07) is 19.0. The molecule has 0 unspecified atom stereocenters. The van der Waals surface area contributed by atoms with Gasteiger partial charge in [0, 0.05) is 28.7 Å². The lowest BCUT2D eigenvalue weighted by atomic mass is 10.2. The molecule has 0 atom stereocenters. The number of carbonyl (C=O) groups excluding carboxylic acids is 1. The number of rotatable bonds is 7. The molecule has 0 bridgehead atoms. The second-order valence-corrected chi connectivity index (χ2v) is 7.30. The maximum absolute atomic E-state index is 12.7. The molecule has 4 nitrogen and oxygen atoms in total. The Balaban J connectivity index is 1.67. The largest absolute Gasteiger partial charge is 0.491 e. The van der Waals surface area contributed by atoms with E-state index in [0.717, 1.165) is 22.1 Å². The molecule has 3 rings (SSSR count). The van der Waals surface area contributed by atoms with E-state index in [4.69, 9.17) is 4.74 Å². The van der Waals surface area contributed by atoms with E-state index in [2.05, 4.69) is 10.3 Å². The predicted octanol–water partition coefficient (Wildman–Crippen LogP) is 5.41. The van der Waals surface area contributed by atoms with Gasteiger partial charge in [0.25, 0.3) is 5.91 Å². The van der Waals surface area contributed by atoms with Gasteiger partial charge in [-0.1, -0.05) is 12.1 Å². The average Bonchev–Trinajstić information content (AvgIpc) is 2.68. The quantitative estimate of drug-likeness (QED) is 0.558. The Morgan fingerprint density at radius 3 is 2.44 bits per heavy atom. The summed E-state index contributed by atoms with van der Waals surface area (Å²) in [5, 5.41) is 2.96. The van der Waals surface area contributed by atoms with Crippen molar-refractivity contribution in [3.8, 4) is 5.75 Å². The highest BCUT2D eigenvalue weighted by atomic mass is 32.2. The first kappa shape index (κ1) is 19.0. The third-order valence-electron chi connectivity index (χ3n) is 3.76. The number of aromatic nitrogens is 1. The first-order chi connectivity index (χ1) is 13.1. The van der Waals surface area contributed by atoms with Crippen LogP contribution in [0.5, 0.6) is 5.75 Å². The van der Waals surface area contributed by atoms with Crippen LogP contribution in [0.1, 0.15) is 29.8 Å². The van der Waals surface area contributed by atoms with Crippen molar-refractivity contribution in [1.29, 1.82) is 0 Å². The number of anilines is 1. The molecule has 1 heterocycles. The first-order valence-electron chi connectivity index (χ1n) is 8.80. The fourth-order valence-corrected chi connectivity index (χ4v) is 3.51. The third kappa shape index (κ3) is 5.59. The molecule has 0 radical (unpaired) electrons. The minimum absolute atomic E-state index is 0.120. The summed E-state index contributed by atoms with van der Waals surface area (Å²) in [6.45, 7) is 3.96. The third-order valence-corrected chi connectivity index (χ3v) is 4.90. The van der Waals surface area contributed by atoms with E-state index in [1.54, 1.807) is 24.2 Å². The van der Waals surface area contributed by atoms with Gasteiger partial charge in [0.05, 0.1) is 11.7 Å². The smallest absolute Gasteiger partial charge is 0.256 e. The molecule has 0 aliphatic rings. The zero-order valence-electron chi connectivity index (χ0n) is 15.4. The molecule has 5 heteroatoms. The van der Waals surface area contributed by atoms with E-state index in [1.165, 1.54) is 5.56 Å². The highest BCUT2D eigenvalue weighted by Crippen LogP contribution is 2.27. The van der Waals surface area contributed by atoms with Gasteiger partial charge in [-0.05, 0) is 67.9 Å². The maximum Gasteiger partial charge on any atom is 0.256 e. The lowest BCUT2D eigenvalue weighted by Crippen LogP contribution is -2.13. The van der Waals surface area contributed by atoms with Crippen molar-refractivity contribution < 1.29 is 9.53 Å². The Kier molecular flexibility index (Phi) is 6.49. The van der Waals surface area contributed by atoms with Crippen LogP contribution in [0.2, 0.25) is 0 Å². The molecule has 0 saturated carbocycles. The van der Waals surface area contributed by atoms with Crippen LogP contribution in [0.15, 0.2) is 78.0 Å². The topological polar surface area (TPSA) is 51.2 Å². The van der Waals surface area contributed by atoms with Crippen molar-refractivity contribution in [1.82, 2.24) is 4.98 Å². The van der Waals surface area contributed by atoms with Gasteiger partial charge < -0.3 is 10.1 Å². The van der Waals surface area contributed by atoms with Crippen molar-refractivity contribution in [3.05, 3.63) is 84.2 Å². The Labute approximate surface area is 164 Å². The van der Waals surface area contributed by atoms with Gasteiger partial charge in [-0.15, -0.1) is 11.8 Å². The van der Waals surface area contributed by atoms with Gasteiger partial charge in [0.2, 0.25) is 0 Å². The molecule has 27 heavy (non-hydrogen) atoms. The summed E-state index contributed by atoms with van der Waals surface area (Å²) >= 11 is 1.64. The zero-order chi connectivity index (χ0) is 19.1. The van der Waals surface area contributed by atoms with Crippen LogP contribution in [-0.2, 0) is 5.75 Å². The van der Waals surface area contributed by atoms with Gasteiger partial charge in [0.15, 0.2) is 0 Å². The summed E-state index contributed by atoms with van der Waals surface area (Å²) in [5.74, 6) is 1.45. The maximum atomic E-state index is 12.7. The van der Waals surface area contributed by atoms with E-state index in [-0.39, 0.29) is 12.0 Å². The van der Waals surface area contributed by atoms with Gasteiger partial charge >= 0.3 is 0 Å². The Morgan fingerprint density at radius 1 is 1.04 bits per heavy atom. The minimum Gasteiger partial charge on any atom is -0.491 e. The zero-order valence-corrected chi connectivity index (χ0v) is 16.2. The molecular formula is C22H22N2O2S. The van der Waals surface area contributed by atoms with Crippen LogP contribution in [0.3, 0.4) is 0 Å². The Hall–Kier alpha value is -2.79. The van der Waals surface area contributed by atoms with E-state index in [9.17, 15) is 4.79 Å². The molecule has 0 spiro atoms. The molecule has 138 valence electrons. The molecule has 0 aliphatic heterocycles. The first-order valence-corrected chi connectivity index (χ1v) is 9.79. The second-order valence-electron chi connectivity index (χ2n) is 6.29. The highest BCUT2D eigenvalue weighted by Gasteiger charge is 2.12. The van der Waals surface area contributed by atoms with E-state index in [1.807, 2.05) is 74.5 Å².